The van der Waals surface area contributed by atoms with E-state index < -0.39 is 0 Å². The van der Waals surface area contributed by atoms with Crippen molar-refractivity contribution in [2.24, 2.45) is 0 Å². The summed E-state index contributed by atoms with van der Waals surface area (Å²) in [5, 5.41) is 0. The zero-order valence-electron chi connectivity index (χ0n) is 10.9. The van der Waals surface area contributed by atoms with Gasteiger partial charge in [-0.15, -0.1) is 0 Å². The van der Waals surface area contributed by atoms with Crippen LogP contribution in [0.2, 0.25) is 0 Å². The van der Waals surface area contributed by atoms with Crippen LogP contribution in [-0.4, -0.2) is 12.4 Å². The van der Waals surface area contributed by atoms with E-state index in [0.717, 1.165) is 42.9 Å². The van der Waals surface area contributed by atoms with Gasteiger partial charge in [0.2, 0.25) is 0 Å². The number of ketones is 1. The SMILES string of the molecule is CCc1occc1C(=O)c1ccc2c(c1)CCCO2. The molecule has 0 atom stereocenters. The molecule has 0 saturated carbocycles. The number of carbonyl (C=O) groups excluding carboxylic acids is 1. The van der Waals surface area contributed by atoms with Gasteiger partial charge in [0, 0.05) is 12.0 Å². The Morgan fingerprint density at radius 3 is 3.05 bits per heavy atom. The highest BCUT2D eigenvalue weighted by Gasteiger charge is 2.18. The first-order chi connectivity index (χ1) is 9.29. The lowest BCUT2D eigenvalue weighted by molar-refractivity contribution is 0.103. The molecular weight excluding hydrogens is 240 g/mol. The number of benzene rings is 1. The van der Waals surface area contributed by atoms with E-state index in [2.05, 4.69) is 0 Å². The van der Waals surface area contributed by atoms with Gasteiger partial charge >= 0.3 is 0 Å². The molecule has 0 bridgehead atoms. The second-order valence-corrected chi connectivity index (χ2v) is 4.71. The minimum Gasteiger partial charge on any atom is -0.493 e. The number of hydrogen-bond donors (Lipinski definition) is 0. The Bertz CT molecular complexity index is 610. The predicted octanol–water partition coefficient (Wildman–Crippen LogP) is 3.40. The number of carbonyl (C=O) groups is 1. The van der Waals surface area contributed by atoms with Crippen molar-refractivity contribution >= 4 is 5.78 Å². The minimum absolute atomic E-state index is 0.0268. The first kappa shape index (κ1) is 12.0. The van der Waals surface area contributed by atoms with Gasteiger partial charge in [-0.2, -0.15) is 0 Å². The molecule has 98 valence electrons. The first-order valence-electron chi connectivity index (χ1n) is 6.66. The van der Waals surface area contributed by atoms with Crippen molar-refractivity contribution in [1.29, 1.82) is 0 Å². The minimum atomic E-state index is 0.0268. The van der Waals surface area contributed by atoms with Crippen LogP contribution < -0.4 is 4.74 Å². The number of rotatable bonds is 3. The highest BCUT2D eigenvalue weighted by molar-refractivity contribution is 6.09. The molecule has 1 aromatic carbocycles. The van der Waals surface area contributed by atoms with Gasteiger partial charge in [-0.05, 0) is 42.7 Å². The van der Waals surface area contributed by atoms with Crippen LogP contribution in [0.1, 0.15) is 40.6 Å². The maximum atomic E-state index is 12.5. The Labute approximate surface area is 112 Å². The lowest BCUT2D eigenvalue weighted by Crippen LogP contribution is -2.10. The zero-order chi connectivity index (χ0) is 13.2. The van der Waals surface area contributed by atoms with Crippen molar-refractivity contribution in [3.05, 3.63) is 53.0 Å². The van der Waals surface area contributed by atoms with E-state index >= 15 is 0 Å². The summed E-state index contributed by atoms with van der Waals surface area (Å²) in [5.41, 5.74) is 2.50. The summed E-state index contributed by atoms with van der Waals surface area (Å²) in [6.07, 6.45) is 4.29. The van der Waals surface area contributed by atoms with Gasteiger partial charge < -0.3 is 9.15 Å². The molecular formula is C16H16O3. The average Bonchev–Trinajstić information content (AvgIpc) is 2.94. The van der Waals surface area contributed by atoms with Crippen LogP contribution in [0.4, 0.5) is 0 Å². The standard InChI is InChI=1S/C16H16O3/c1-2-14-13(7-9-19-14)16(17)12-5-6-15-11(10-12)4-3-8-18-15/h5-7,9-10H,2-4,8H2,1H3. The third kappa shape index (κ3) is 2.16. The molecule has 1 aromatic heterocycles. The Hall–Kier alpha value is -2.03. The molecule has 3 nitrogen and oxygen atoms in total. The normalized spacial score (nSPS) is 13.7. The van der Waals surface area contributed by atoms with E-state index in [-0.39, 0.29) is 5.78 Å². The Morgan fingerprint density at radius 2 is 2.21 bits per heavy atom. The van der Waals surface area contributed by atoms with Crippen LogP contribution >= 0.6 is 0 Å². The number of aryl methyl sites for hydroxylation is 2. The maximum absolute atomic E-state index is 12.5. The second-order valence-electron chi connectivity index (χ2n) is 4.71. The lowest BCUT2D eigenvalue weighted by atomic mass is 9.98. The second kappa shape index (κ2) is 4.92. The van der Waals surface area contributed by atoms with E-state index in [9.17, 15) is 4.79 Å². The summed E-state index contributed by atoms with van der Waals surface area (Å²) in [5.74, 6) is 1.68. The largest absolute Gasteiger partial charge is 0.493 e. The van der Waals surface area contributed by atoms with Crippen molar-refractivity contribution in [2.75, 3.05) is 6.61 Å². The molecule has 0 unspecified atom stereocenters. The molecule has 1 aliphatic heterocycles. The van der Waals surface area contributed by atoms with Gasteiger partial charge in [0.15, 0.2) is 5.78 Å². The lowest BCUT2D eigenvalue weighted by Gasteiger charge is -2.17. The van der Waals surface area contributed by atoms with Crippen LogP contribution in [0.3, 0.4) is 0 Å². The molecule has 3 heteroatoms. The quantitative estimate of drug-likeness (QED) is 0.790. The molecule has 0 radical (unpaired) electrons. The van der Waals surface area contributed by atoms with Gasteiger partial charge in [-0.1, -0.05) is 6.92 Å². The highest BCUT2D eigenvalue weighted by atomic mass is 16.5. The third-order valence-corrected chi connectivity index (χ3v) is 3.48. The smallest absolute Gasteiger partial charge is 0.196 e. The fraction of sp³-hybridized carbons (Fsp3) is 0.312. The molecule has 2 heterocycles. The van der Waals surface area contributed by atoms with Gasteiger partial charge in [-0.25, -0.2) is 0 Å². The fourth-order valence-electron chi connectivity index (χ4n) is 2.47. The zero-order valence-corrected chi connectivity index (χ0v) is 10.9. The van der Waals surface area contributed by atoms with Gasteiger partial charge in [-0.3, -0.25) is 4.79 Å². The number of ether oxygens (including phenoxy) is 1. The predicted molar refractivity (Wildman–Crippen MR) is 71.8 cm³/mol. The maximum Gasteiger partial charge on any atom is 0.196 e. The van der Waals surface area contributed by atoms with E-state index in [0.29, 0.717) is 11.1 Å². The summed E-state index contributed by atoms with van der Waals surface area (Å²) in [7, 11) is 0. The van der Waals surface area contributed by atoms with Gasteiger partial charge in [0.25, 0.3) is 0 Å². The Morgan fingerprint density at radius 1 is 1.32 bits per heavy atom. The summed E-state index contributed by atoms with van der Waals surface area (Å²) in [4.78, 5) is 12.5. The summed E-state index contributed by atoms with van der Waals surface area (Å²) >= 11 is 0. The Balaban J connectivity index is 1.96. The topological polar surface area (TPSA) is 39.4 Å². The number of fused-ring (bicyclic) bond motifs is 1. The molecule has 0 fully saturated rings. The summed E-state index contributed by atoms with van der Waals surface area (Å²) in [6.45, 7) is 2.75. The van der Waals surface area contributed by atoms with E-state index in [1.807, 2.05) is 25.1 Å². The van der Waals surface area contributed by atoms with Crippen LogP contribution in [0, 0.1) is 0 Å². The van der Waals surface area contributed by atoms with Crippen molar-refractivity contribution < 1.29 is 13.9 Å². The number of hydrogen-bond acceptors (Lipinski definition) is 3. The highest BCUT2D eigenvalue weighted by Crippen LogP contribution is 2.27. The molecule has 2 aromatic rings. The van der Waals surface area contributed by atoms with Crippen LogP contribution in [0.25, 0.3) is 0 Å². The molecule has 0 spiro atoms. The summed E-state index contributed by atoms with van der Waals surface area (Å²) < 4.78 is 10.9. The third-order valence-electron chi connectivity index (χ3n) is 3.48. The molecule has 0 aliphatic carbocycles. The number of furan rings is 1. The molecule has 0 N–H and O–H groups in total. The van der Waals surface area contributed by atoms with Crippen LogP contribution in [0.5, 0.6) is 5.75 Å². The Kier molecular flexibility index (Phi) is 3.11. The molecule has 3 rings (SSSR count). The van der Waals surface area contributed by atoms with Crippen molar-refractivity contribution in [1.82, 2.24) is 0 Å². The van der Waals surface area contributed by atoms with E-state index in [1.54, 1.807) is 12.3 Å². The fourth-order valence-corrected chi connectivity index (χ4v) is 2.47. The van der Waals surface area contributed by atoms with Gasteiger partial charge in [0.1, 0.15) is 11.5 Å². The molecule has 0 amide bonds. The molecule has 19 heavy (non-hydrogen) atoms. The van der Waals surface area contributed by atoms with Crippen molar-refractivity contribution in [2.45, 2.75) is 26.2 Å². The summed E-state index contributed by atoms with van der Waals surface area (Å²) in [6, 6.07) is 7.42. The van der Waals surface area contributed by atoms with Crippen molar-refractivity contribution in [3.63, 3.8) is 0 Å². The van der Waals surface area contributed by atoms with E-state index in [4.69, 9.17) is 9.15 Å². The van der Waals surface area contributed by atoms with Crippen LogP contribution in [-0.2, 0) is 12.8 Å². The molecule has 0 saturated heterocycles. The van der Waals surface area contributed by atoms with Gasteiger partial charge in [0.05, 0.1) is 18.4 Å². The van der Waals surface area contributed by atoms with Crippen LogP contribution in [0.15, 0.2) is 34.9 Å². The monoisotopic (exact) mass is 256 g/mol. The van der Waals surface area contributed by atoms with E-state index in [1.165, 1.54) is 0 Å². The van der Waals surface area contributed by atoms with Crippen molar-refractivity contribution in [3.8, 4) is 5.75 Å². The molecule has 1 aliphatic rings. The average molecular weight is 256 g/mol. The first-order valence-corrected chi connectivity index (χ1v) is 6.66.